The molecule has 1 aliphatic heterocycles. The molecule has 8 rings (SSSR count). The first-order valence-corrected chi connectivity index (χ1v) is 15.4. The van der Waals surface area contributed by atoms with Gasteiger partial charge in [0.05, 0.1) is 11.4 Å². The quantitative estimate of drug-likeness (QED) is 0.205. The molecule has 0 atom stereocenters. The summed E-state index contributed by atoms with van der Waals surface area (Å²) in [6.45, 7) is 0.848. The molecule has 210 valence electrons. The molecule has 0 unspecified atom stereocenters. The summed E-state index contributed by atoms with van der Waals surface area (Å²) in [5.41, 5.74) is 11.1. The van der Waals surface area contributed by atoms with Gasteiger partial charge in [0.15, 0.2) is 5.82 Å². The topological polar surface area (TPSA) is 51.0 Å². The minimum atomic E-state index is 0.685. The van der Waals surface area contributed by atoms with Crippen LogP contribution in [0.25, 0.3) is 72.5 Å². The van der Waals surface area contributed by atoms with E-state index < -0.39 is 0 Å². The van der Waals surface area contributed by atoms with Crippen LogP contribution in [-0.4, -0.2) is 16.5 Å². The van der Waals surface area contributed by atoms with Crippen LogP contribution >= 0.6 is 15.9 Å². The highest BCUT2D eigenvalue weighted by Gasteiger charge is 2.14. The van der Waals surface area contributed by atoms with Crippen molar-refractivity contribution in [2.24, 2.45) is 0 Å². The molecule has 7 aromatic rings. The highest BCUT2D eigenvalue weighted by Crippen LogP contribution is 2.36. The Labute approximate surface area is 263 Å². The molecule has 3 heterocycles. The third-order valence-electron chi connectivity index (χ3n) is 8.00. The van der Waals surface area contributed by atoms with Crippen molar-refractivity contribution in [1.82, 2.24) is 15.3 Å². The zero-order valence-corrected chi connectivity index (χ0v) is 25.3. The number of rotatable bonds is 5. The first-order chi connectivity index (χ1) is 21.7. The number of hydrogen-bond acceptors (Lipinski definition) is 4. The van der Waals surface area contributed by atoms with Gasteiger partial charge in [0.2, 0.25) is 0 Å². The van der Waals surface area contributed by atoms with Crippen molar-refractivity contribution in [1.29, 1.82) is 0 Å². The average Bonchev–Trinajstić information content (AvgIpc) is 3.47. The van der Waals surface area contributed by atoms with E-state index in [0.717, 1.165) is 72.2 Å². The van der Waals surface area contributed by atoms with Crippen LogP contribution in [0.4, 0.5) is 0 Å². The summed E-state index contributed by atoms with van der Waals surface area (Å²) in [6, 6.07) is 41.9. The number of furan rings is 1. The molecule has 0 fully saturated rings. The summed E-state index contributed by atoms with van der Waals surface area (Å²) >= 11 is 3.78. The summed E-state index contributed by atoms with van der Waals surface area (Å²) in [6.07, 6.45) is 6.31. The van der Waals surface area contributed by atoms with Crippen molar-refractivity contribution >= 4 is 43.4 Å². The highest BCUT2D eigenvalue weighted by atomic mass is 79.9. The fourth-order valence-corrected chi connectivity index (χ4v) is 6.27. The van der Waals surface area contributed by atoms with E-state index in [1.807, 2.05) is 48.7 Å². The number of benzene rings is 5. The van der Waals surface area contributed by atoms with Crippen LogP contribution in [0.3, 0.4) is 0 Å². The summed E-state index contributed by atoms with van der Waals surface area (Å²) in [5, 5.41) is 5.38. The predicted octanol–water partition coefficient (Wildman–Crippen LogP) is 10.3. The number of fused-ring (bicyclic) bond motifs is 3. The molecular weight excluding hydrogens is 606 g/mol. The molecule has 0 aliphatic carbocycles. The van der Waals surface area contributed by atoms with Crippen LogP contribution in [0.5, 0.6) is 0 Å². The van der Waals surface area contributed by atoms with Crippen molar-refractivity contribution in [3.05, 3.63) is 150 Å². The number of allylic oxidation sites excluding steroid dienone is 2. The van der Waals surface area contributed by atoms with Gasteiger partial charge < -0.3 is 9.73 Å². The summed E-state index contributed by atoms with van der Waals surface area (Å²) in [5.74, 6) is 0.685. The van der Waals surface area contributed by atoms with Gasteiger partial charge in [-0.3, -0.25) is 0 Å². The molecule has 5 aromatic carbocycles. The molecule has 0 spiro atoms. The van der Waals surface area contributed by atoms with Gasteiger partial charge in [-0.1, -0.05) is 94.8 Å². The normalized spacial score (nSPS) is 12.8. The van der Waals surface area contributed by atoms with Gasteiger partial charge in [-0.25, -0.2) is 9.97 Å². The molecule has 44 heavy (non-hydrogen) atoms. The maximum absolute atomic E-state index is 6.09. The molecule has 0 amide bonds. The number of aromatic nitrogens is 2. The zero-order valence-electron chi connectivity index (χ0n) is 23.7. The zero-order chi connectivity index (χ0) is 29.5. The monoisotopic (exact) mass is 631 g/mol. The second-order valence-electron chi connectivity index (χ2n) is 10.8. The van der Waals surface area contributed by atoms with Gasteiger partial charge in [0.25, 0.3) is 0 Å². The third kappa shape index (κ3) is 5.01. The standard InChI is InChI=1S/C39H26BrN3O/c40-32-21-30(26-12-10-25(11-13-26)27-16-18-41-19-17-27)20-31(22-32)36-24-35(42-39(43-36)28-6-2-1-3-7-28)29-14-15-38-34(23-29)33-8-4-5-9-37(33)44-38/h1-18,20-24,41H,19H2. The van der Waals surface area contributed by atoms with E-state index in [9.17, 15) is 0 Å². The molecule has 0 bridgehead atoms. The Kier molecular flexibility index (Phi) is 6.65. The number of para-hydroxylation sites is 1. The predicted molar refractivity (Wildman–Crippen MR) is 184 cm³/mol. The Morgan fingerprint density at radius 3 is 2.09 bits per heavy atom. The van der Waals surface area contributed by atoms with E-state index in [4.69, 9.17) is 14.4 Å². The number of hydrogen-bond donors (Lipinski definition) is 1. The second kappa shape index (κ2) is 11.1. The Hall–Kier alpha value is -5.26. The van der Waals surface area contributed by atoms with E-state index in [-0.39, 0.29) is 0 Å². The molecule has 4 nitrogen and oxygen atoms in total. The van der Waals surface area contributed by atoms with Crippen LogP contribution in [0.2, 0.25) is 0 Å². The summed E-state index contributed by atoms with van der Waals surface area (Å²) < 4.78 is 7.08. The van der Waals surface area contributed by atoms with Gasteiger partial charge in [0.1, 0.15) is 11.2 Å². The summed E-state index contributed by atoms with van der Waals surface area (Å²) in [4.78, 5) is 10.1. The lowest BCUT2D eigenvalue weighted by molar-refractivity contribution is 0.669. The van der Waals surface area contributed by atoms with Crippen molar-refractivity contribution < 1.29 is 4.42 Å². The molecule has 2 aromatic heterocycles. The fourth-order valence-electron chi connectivity index (χ4n) is 5.77. The molecular formula is C39H26BrN3O. The van der Waals surface area contributed by atoms with E-state index in [0.29, 0.717) is 5.82 Å². The van der Waals surface area contributed by atoms with Gasteiger partial charge in [-0.2, -0.15) is 0 Å². The van der Waals surface area contributed by atoms with Crippen LogP contribution in [0.15, 0.2) is 149 Å². The molecule has 5 heteroatoms. The molecule has 0 saturated carbocycles. The first kappa shape index (κ1) is 26.4. The Balaban J connectivity index is 1.24. The van der Waals surface area contributed by atoms with E-state index in [1.54, 1.807) is 0 Å². The van der Waals surface area contributed by atoms with Gasteiger partial charge in [-0.05, 0) is 83.1 Å². The average molecular weight is 633 g/mol. The molecule has 0 saturated heterocycles. The lowest BCUT2D eigenvalue weighted by Gasteiger charge is -2.12. The van der Waals surface area contributed by atoms with Crippen LogP contribution in [-0.2, 0) is 0 Å². The number of nitrogens with zero attached hydrogens (tertiary/aromatic N) is 2. The lowest BCUT2D eigenvalue weighted by atomic mass is 9.97. The molecule has 1 N–H and O–H groups in total. The largest absolute Gasteiger partial charge is 0.456 e. The lowest BCUT2D eigenvalue weighted by Crippen LogP contribution is -2.08. The third-order valence-corrected chi connectivity index (χ3v) is 8.45. The minimum absolute atomic E-state index is 0.685. The maximum atomic E-state index is 6.09. The Bertz CT molecular complexity index is 2230. The maximum Gasteiger partial charge on any atom is 0.160 e. The fraction of sp³-hybridized carbons (Fsp3) is 0.0256. The van der Waals surface area contributed by atoms with E-state index in [2.05, 4.69) is 112 Å². The van der Waals surface area contributed by atoms with Gasteiger partial charge >= 0.3 is 0 Å². The Morgan fingerprint density at radius 1 is 0.568 bits per heavy atom. The molecule has 0 radical (unpaired) electrons. The van der Waals surface area contributed by atoms with Crippen molar-refractivity contribution in [2.45, 2.75) is 0 Å². The number of nitrogens with one attached hydrogen (secondary N) is 1. The second-order valence-corrected chi connectivity index (χ2v) is 11.8. The van der Waals surface area contributed by atoms with E-state index >= 15 is 0 Å². The highest BCUT2D eigenvalue weighted by molar-refractivity contribution is 9.10. The van der Waals surface area contributed by atoms with Gasteiger partial charge in [0, 0.05) is 38.5 Å². The Morgan fingerprint density at radius 2 is 1.27 bits per heavy atom. The van der Waals surface area contributed by atoms with Crippen molar-refractivity contribution in [2.75, 3.05) is 6.54 Å². The smallest absolute Gasteiger partial charge is 0.160 e. The summed E-state index contributed by atoms with van der Waals surface area (Å²) in [7, 11) is 0. The van der Waals surface area contributed by atoms with Crippen molar-refractivity contribution in [3.8, 4) is 45.0 Å². The van der Waals surface area contributed by atoms with Crippen LogP contribution in [0.1, 0.15) is 5.56 Å². The van der Waals surface area contributed by atoms with Crippen LogP contribution in [0, 0.1) is 0 Å². The van der Waals surface area contributed by atoms with E-state index in [1.165, 1.54) is 11.1 Å². The first-order valence-electron chi connectivity index (χ1n) is 14.6. The molecule has 1 aliphatic rings. The minimum Gasteiger partial charge on any atom is -0.456 e. The number of dihydropyridines is 1. The number of halogens is 1. The van der Waals surface area contributed by atoms with Crippen molar-refractivity contribution in [3.63, 3.8) is 0 Å². The van der Waals surface area contributed by atoms with Gasteiger partial charge in [-0.15, -0.1) is 0 Å². The van der Waals surface area contributed by atoms with Crippen LogP contribution < -0.4 is 5.32 Å². The SMILES string of the molecule is Brc1cc(-c2ccc(C3=CCNC=C3)cc2)cc(-c2cc(-c3ccc4oc5ccccc5c4c3)nc(-c3ccccc3)n2)c1.